The van der Waals surface area contributed by atoms with Gasteiger partial charge in [0.1, 0.15) is 11.6 Å². The minimum absolute atomic E-state index is 0.730. The van der Waals surface area contributed by atoms with Gasteiger partial charge in [-0.1, -0.05) is 18.2 Å². The molecule has 92 valence electrons. The fourth-order valence-corrected chi connectivity index (χ4v) is 2.63. The van der Waals surface area contributed by atoms with Crippen molar-refractivity contribution in [2.75, 3.05) is 13.2 Å². The van der Waals surface area contributed by atoms with E-state index in [0.717, 1.165) is 31.0 Å². The molecule has 0 spiro atoms. The van der Waals surface area contributed by atoms with E-state index in [-0.39, 0.29) is 0 Å². The largest absolute Gasteiger partial charge is 0.442 e. The number of aliphatic imine (C=N–C) groups is 1. The third-order valence-corrected chi connectivity index (χ3v) is 3.63. The van der Waals surface area contributed by atoms with Crippen LogP contribution >= 0.6 is 6.49 Å². The molecule has 1 aliphatic rings. The van der Waals surface area contributed by atoms with Crippen LogP contribution in [0.5, 0.6) is 5.75 Å². The standard InChI is InChI=1S/C11H15N2O2PS/c1-16(17,14-10-6-3-2-4-7-10)15-13-11-8-5-9-12-11/h2-4,6-7H,5,8-9H2,1H3,(H,12,13). The number of benzene rings is 1. The molecule has 0 saturated heterocycles. The lowest BCUT2D eigenvalue weighted by Crippen LogP contribution is -2.21. The van der Waals surface area contributed by atoms with E-state index in [9.17, 15) is 0 Å². The first-order valence-corrected chi connectivity index (χ1v) is 8.54. The summed E-state index contributed by atoms with van der Waals surface area (Å²) in [5.74, 6) is 1.59. The van der Waals surface area contributed by atoms with Gasteiger partial charge >= 0.3 is 0 Å². The molecule has 0 saturated carbocycles. The van der Waals surface area contributed by atoms with E-state index < -0.39 is 6.49 Å². The van der Waals surface area contributed by atoms with Crippen molar-refractivity contribution in [3.05, 3.63) is 30.3 Å². The Balaban J connectivity index is 1.88. The van der Waals surface area contributed by atoms with Crippen LogP contribution in [0.4, 0.5) is 0 Å². The molecule has 1 aliphatic heterocycles. The molecule has 1 heterocycles. The highest BCUT2D eigenvalue weighted by Crippen LogP contribution is 2.43. The molecule has 6 heteroatoms. The Hall–Kier alpha value is -0.900. The summed E-state index contributed by atoms with van der Waals surface area (Å²) < 4.78 is 11.1. The molecule has 0 aromatic heterocycles. The van der Waals surface area contributed by atoms with Crippen LogP contribution < -0.4 is 10.0 Å². The van der Waals surface area contributed by atoms with E-state index in [0.29, 0.717) is 0 Å². The second kappa shape index (κ2) is 5.63. The Morgan fingerprint density at radius 2 is 2.12 bits per heavy atom. The van der Waals surface area contributed by atoms with Gasteiger partial charge in [0.05, 0.1) is 0 Å². The summed E-state index contributed by atoms with van der Waals surface area (Å²) in [6.07, 6.45) is 1.98. The van der Waals surface area contributed by atoms with Crippen molar-refractivity contribution in [3.63, 3.8) is 0 Å². The smallest absolute Gasteiger partial charge is 0.258 e. The number of hydrogen-bond donors (Lipinski definition) is 1. The van der Waals surface area contributed by atoms with Gasteiger partial charge in [0.2, 0.25) is 0 Å². The fourth-order valence-electron chi connectivity index (χ4n) is 1.45. The van der Waals surface area contributed by atoms with Crippen LogP contribution in [0.25, 0.3) is 0 Å². The molecule has 0 aliphatic carbocycles. The number of hydrogen-bond acceptors (Lipinski definition) is 5. The molecule has 0 bridgehead atoms. The van der Waals surface area contributed by atoms with Gasteiger partial charge in [-0.2, -0.15) is 0 Å². The highest BCUT2D eigenvalue weighted by molar-refractivity contribution is 8.09. The summed E-state index contributed by atoms with van der Waals surface area (Å²) in [6.45, 7) is 0.323. The fraction of sp³-hybridized carbons (Fsp3) is 0.364. The van der Waals surface area contributed by atoms with Crippen LogP contribution in [0.3, 0.4) is 0 Å². The van der Waals surface area contributed by atoms with Crippen LogP contribution in [0.15, 0.2) is 35.3 Å². The van der Waals surface area contributed by atoms with Crippen molar-refractivity contribution in [2.45, 2.75) is 12.8 Å². The zero-order valence-electron chi connectivity index (χ0n) is 9.63. The summed E-state index contributed by atoms with van der Waals surface area (Å²) in [7, 11) is 0. The molecule has 4 nitrogen and oxygen atoms in total. The summed E-state index contributed by atoms with van der Waals surface area (Å²) in [5, 5.41) is 0. The highest BCUT2D eigenvalue weighted by atomic mass is 32.5. The Bertz CT molecular complexity index is 450. The molecule has 1 N–H and O–H groups in total. The van der Waals surface area contributed by atoms with Crippen LogP contribution in [0.1, 0.15) is 12.8 Å². The maximum absolute atomic E-state index is 5.65. The number of para-hydroxylation sites is 1. The number of rotatable bonds is 4. The van der Waals surface area contributed by atoms with Gasteiger partial charge < -0.3 is 4.52 Å². The second-order valence-corrected chi connectivity index (χ2v) is 7.70. The SMILES string of the molecule is CP(=S)(ONC1=NCCC1)Oc1ccccc1. The molecule has 0 fully saturated rings. The molecule has 0 amide bonds. The van der Waals surface area contributed by atoms with E-state index in [2.05, 4.69) is 10.5 Å². The molecule has 1 atom stereocenters. The molecule has 1 aromatic rings. The van der Waals surface area contributed by atoms with E-state index >= 15 is 0 Å². The summed E-state index contributed by atoms with van der Waals surface area (Å²) in [6, 6.07) is 9.46. The molecular weight excluding hydrogens is 255 g/mol. The number of nitrogens with one attached hydrogen (secondary N) is 1. The average Bonchev–Trinajstić information content (AvgIpc) is 2.80. The lowest BCUT2D eigenvalue weighted by atomic mass is 10.3. The Morgan fingerprint density at radius 1 is 1.35 bits per heavy atom. The van der Waals surface area contributed by atoms with Crippen molar-refractivity contribution in [1.82, 2.24) is 5.48 Å². The van der Waals surface area contributed by atoms with Crippen LogP contribution in [0, 0.1) is 0 Å². The normalized spacial score (nSPS) is 18.3. The quantitative estimate of drug-likeness (QED) is 0.675. The van der Waals surface area contributed by atoms with Crippen molar-refractivity contribution in [2.24, 2.45) is 4.99 Å². The van der Waals surface area contributed by atoms with Crippen LogP contribution in [-0.4, -0.2) is 19.0 Å². The first-order valence-electron chi connectivity index (χ1n) is 5.46. The lowest BCUT2D eigenvalue weighted by molar-refractivity contribution is 0.262. The third kappa shape index (κ3) is 4.11. The molecule has 2 rings (SSSR count). The first-order chi connectivity index (χ1) is 8.16. The summed E-state index contributed by atoms with van der Waals surface area (Å²) in [4.78, 5) is 4.24. The number of amidine groups is 1. The van der Waals surface area contributed by atoms with E-state index in [1.165, 1.54) is 0 Å². The Labute approximate surface area is 106 Å². The molecule has 17 heavy (non-hydrogen) atoms. The predicted octanol–water partition coefficient (Wildman–Crippen LogP) is 2.72. The number of hydroxylamine groups is 1. The van der Waals surface area contributed by atoms with Crippen molar-refractivity contribution >= 4 is 24.1 Å². The van der Waals surface area contributed by atoms with Gasteiger partial charge in [0.25, 0.3) is 6.49 Å². The third-order valence-electron chi connectivity index (χ3n) is 2.22. The van der Waals surface area contributed by atoms with Crippen molar-refractivity contribution < 1.29 is 9.15 Å². The molecule has 1 unspecified atom stereocenters. The second-order valence-electron chi connectivity index (χ2n) is 3.80. The highest BCUT2D eigenvalue weighted by Gasteiger charge is 2.16. The van der Waals surface area contributed by atoms with Gasteiger partial charge in [-0.15, -0.1) is 0 Å². The van der Waals surface area contributed by atoms with Gasteiger partial charge in [0.15, 0.2) is 0 Å². The molecular formula is C11H15N2O2PS. The average molecular weight is 270 g/mol. The summed E-state index contributed by atoms with van der Waals surface area (Å²) >= 11 is 5.31. The van der Waals surface area contributed by atoms with Crippen LogP contribution in [-0.2, 0) is 16.4 Å². The first kappa shape index (κ1) is 12.6. The minimum atomic E-state index is -2.33. The van der Waals surface area contributed by atoms with E-state index in [1.54, 1.807) is 6.66 Å². The number of nitrogens with zero attached hydrogens (tertiary/aromatic N) is 1. The van der Waals surface area contributed by atoms with E-state index in [1.807, 2.05) is 30.3 Å². The van der Waals surface area contributed by atoms with Gasteiger partial charge in [-0.3, -0.25) is 4.99 Å². The van der Waals surface area contributed by atoms with Crippen molar-refractivity contribution in [1.29, 1.82) is 0 Å². The Kier molecular flexibility index (Phi) is 4.15. The van der Waals surface area contributed by atoms with Gasteiger partial charge in [0, 0.05) is 19.6 Å². The zero-order valence-corrected chi connectivity index (χ0v) is 11.3. The molecule has 0 radical (unpaired) electrons. The monoisotopic (exact) mass is 270 g/mol. The van der Waals surface area contributed by atoms with E-state index in [4.69, 9.17) is 21.0 Å². The van der Waals surface area contributed by atoms with Crippen LogP contribution in [0.2, 0.25) is 0 Å². The topological polar surface area (TPSA) is 42.8 Å². The lowest BCUT2D eigenvalue weighted by Gasteiger charge is -2.18. The Morgan fingerprint density at radius 3 is 2.76 bits per heavy atom. The maximum atomic E-state index is 5.65. The predicted molar refractivity (Wildman–Crippen MR) is 73.0 cm³/mol. The van der Waals surface area contributed by atoms with Gasteiger partial charge in [-0.25, -0.2) is 10.1 Å². The minimum Gasteiger partial charge on any atom is -0.442 e. The zero-order chi connectivity index (χ0) is 12.1. The van der Waals surface area contributed by atoms with Crippen molar-refractivity contribution in [3.8, 4) is 5.75 Å². The van der Waals surface area contributed by atoms with Gasteiger partial charge in [-0.05, 0) is 30.4 Å². The molecule has 1 aromatic carbocycles. The maximum Gasteiger partial charge on any atom is 0.258 e. The summed E-state index contributed by atoms with van der Waals surface area (Å²) in [5.41, 5.74) is 2.81.